The summed E-state index contributed by atoms with van der Waals surface area (Å²) in [6.07, 6.45) is 0.166. The Bertz CT molecular complexity index is 490. The SMILES string of the molecule is CC1CN(CC(=O)NC(c2ccc(F)cc2)C(C)C)CCO1. The van der Waals surface area contributed by atoms with Gasteiger partial charge in [-0.25, -0.2) is 4.39 Å². The van der Waals surface area contributed by atoms with Gasteiger partial charge in [0.05, 0.1) is 25.3 Å². The summed E-state index contributed by atoms with van der Waals surface area (Å²) in [5.41, 5.74) is 0.931. The smallest absolute Gasteiger partial charge is 0.234 e. The lowest BCUT2D eigenvalue weighted by molar-refractivity contribution is -0.125. The van der Waals surface area contributed by atoms with Gasteiger partial charge in [-0.15, -0.1) is 0 Å². The number of ether oxygens (including phenoxy) is 1. The molecule has 2 unspecified atom stereocenters. The van der Waals surface area contributed by atoms with Crippen molar-refractivity contribution in [3.63, 3.8) is 0 Å². The van der Waals surface area contributed by atoms with Crippen LogP contribution in [0.15, 0.2) is 24.3 Å². The van der Waals surface area contributed by atoms with Crippen LogP contribution in [0.25, 0.3) is 0 Å². The van der Waals surface area contributed by atoms with E-state index in [1.807, 2.05) is 20.8 Å². The van der Waals surface area contributed by atoms with Crippen molar-refractivity contribution in [2.45, 2.75) is 32.9 Å². The maximum absolute atomic E-state index is 13.1. The van der Waals surface area contributed by atoms with Crippen LogP contribution in [0.1, 0.15) is 32.4 Å². The van der Waals surface area contributed by atoms with Gasteiger partial charge in [-0.05, 0) is 30.5 Å². The molecule has 0 spiro atoms. The van der Waals surface area contributed by atoms with Gasteiger partial charge in [0.25, 0.3) is 0 Å². The van der Waals surface area contributed by atoms with Crippen molar-refractivity contribution in [3.8, 4) is 0 Å². The second-order valence-corrected chi connectivity index (χ2v) is 6.26. The van der Waals surface area contributed by atoms with Crippen molar-refractivity contribution >= 4 is 5.91 Å². The maximum Gasteiger partial charge on any atom is 0.234 e. The number of halogens is 1. The molecule has 1 aliphatic heterocycles. The molecule has 2 rings (SSSR count). The third-order valence-electron chi connectivity index (χ3n) is 3.90. The first kappa shape index (κ1) is 16.9. The predicted molar refractivity (Wildman–Crippen MR) is 84.0 cm³/mol. The van der Waals surface area contributed by atoms with Crippen LogP contribution in [0.2, 0.25) is 0 Å². The van der Waals surface area contributed by atoms with Gasteiger partial charge in [0.2, 0.25) is 5.91 Å². The highest BCUT2D eigenvalue weighted by molar-refractivity contribution is 5.78. The van der Waals surface area contributed by atoms with Crippen molar-refractivity contribution < 1.29 is 13.9 Å². The monoisotopic (exact) mass is 308 g/mol. The molecular formula is C17H25FN2O2. The van der Waals surface area contributed by atoms with Gasteiger partial charge < -0.3 is 10.1 Å². The number of morpholine rings is 1. The fourth-order valence-corrected chi connectivity index (χ4v) is 2.76. The minimum absolute atomic E-state index is 0.00266. The molecule has 122 valence electrons. The number of benzene rings is 1. The van der Waals surface area contributed by atoms with E-state index in [4.69, 9.17) is 4.74 Å². The van der Waals surface area contributed by atoms with Crippen molar-refractivity contribution in [2.24, 2.45) is 5.92 Å². The Labute approximate surface area is 131 Å². The van der Waals surface area contributed by atoms with E-state index in [1.165, 1.54) is 12.1 Å². The van der Waals surface area contributed by atoms with Gasteiger partial charge in [0, 0.05) is 13.1 Å². The van der Waals surface area contributed by atoms with Crippen LogP contribution in [-0.4, -0.2) is 43.2 Å². The number of carbonyl (C=O) groups excluding carboxylic acids is 1. The van der Waals surface area contributed by atoms with Gasteiger partial charge in [0.1, 0.15) is 5.82 Å². The molecule has 1 N–H and O–H groups in total. The molecule has 1 fully saturated rings. The second-order valence-electron chi connectivity index (χ2n) is 6.26. The third kappa shape index (κ3) is 4.78. The van der Waals surface area contributed by atoms with Crippen LogP contribution in [0.4, 0.5) is 4.39 Å². The molecule has 4 nitrogen and oxygen atoms in total. The van der Waals surface area contributed by atoms with E-state index >= 15 is 0 Å². The number of rotatable bonds is 5. The predicted octanol–water partition coefficient (Wildman–Crippen LogP) is 2.36. The van der Waals surface area contributed by atoms with E-state index in [0.717, 1.165) is 18.7 Å². The Kier molecular flexibility index (Phi) is 5.91. The highest BCUT2D eigenvalue weighted by Gasteiger charge is 2.22. The van der Waals surface area contributed by atoms with Crippen LogP contribution in [0.5, 0.6) is 0 Å². The molecule has 22 heavy (non-hydrogen) atoms. The van der Waals surface area contributed by atoms with Crippen LogP contribution in [0, 0.1) is 11.7 Å². The van der Waals surface area contributed by atoms with Crippen LogP contribution >= 0.6 is 0 Å². The zero-order valence-corrected chi connectivity index (χ0v) is 13.5. The Hall–Kier alpha value is -1.46. The van der Waals surface area contributed by atoms with E-state index in [2.05, 4.69) is 10.2 Å². The van der Waals surface area contributed by atoms with Gasteiger partial charge in [-0.3, -0.25) is 9.69 Å². The summed E-state index contributed by atoms with van der Waals surface area (Å²) in [7, 11) is 0. The summed E-state index contributed by atoms with van der Waals surface area (Å²) < 4.78 is 18.5. The summed E-state index contributed by atoms with van der Waals surface area (Å²) >= 11 is 0. The fourth-order valence-electron chi connectivity index (χ4n) is 2.76. The molecule has 0 saturated carbocycles. The van der Waals surface area contributed by atoms with E-state index in [9.17, 15) is 9.18 Å². The molecule has 1 aliphatic rings. The van der Waals surface area contributed by atoms with Crippen LogP contribution in [-0.2, 0) is 9.53 Å². The lowest BCUT2D eigenvalue weighted by Crippen LogP contribution is -2.47. The third-order valence-corrected chi connectivity index (χ3v) is 3.90. The number of nitrogens with zero attached hydrogens (tertiary/aromatic N) is 1. The molecule has 1 aromatic carbocycles. The summed E-state index contributed by atoms with van der Waals surface area (Å²) in [6, 6.07) is 6.22. The molecular weight excluding hydrogens is 283 g/mol. The minimum atomic E-state index is -0.264. The molecule has 5 heteroatoms. The molecule has 0 radical (unpaired) electrons. The molecule has 1 amide bonds. The average molecular weight is 308 g/mol. The van der Waals surface area contributed by atoms with Crippen molar-refractivity contribution in [1.29, 1.82) is 0 Å². The Balaban J connectivity index is 1.95. The molecule has 0 aliphatic carbocycles. The van der Waals surface area contributed by atoms with Gasteiger partial charge in [-0.2, -0.15) is 0 Å². The van der Waals surface area contributed by atoms with Gasteiger partial charge >= 0.3 is 0 Å². The van der Waals surface area contributed by atoms with E-state index in [1.54, 1.807) is 12.1 Å². The minimum Gasteiger partial charge on any atom is -0.376 e. The number of carbonyl (C=O) groups is 1. The Morgan fingerprint density at radius 2 is 2.09 bits per heavy atom. The van der Waals surface area contributed by atoms with Crippen molar-refractivity contribution in [2.75, 3.05) is 26.2 Å². The first-order valence-electron chi connectivity index (χ1n) is 7.84. The maximum atomic E-state index is 13.1. The summed E-state index contributed by atoms with van der Waals surface area (Å²) in [6.45, 7) is 8.70. The highest BCUT2D eigenvalue weighted by atomic mass is 19.1. The normalized spacial score (nSPS) is 20.9. The van der Waals surface area contributed by atoms with E-state index in [-0.39, 0.29) is 29.8 Å². The fraction of sp³-hybridized carbons (Fsp3) is 0.588. The highest BCUT2D eigenvalue weighted by Crippen LogP contribution is 2.22. The van der Waals surface area contributed by atoms with Crippen molar-refractivity contribution in [3.05, 3.63) is 35.6 Å². The largest absolute Gasteiger partial charge is 0.376 e. The number of hydrogen-bond acceptors (Lipinski definition) is 3. The summed E-state index contributed by atoms with van der Waals surface area (Å²) in [5.74, 6) is -0.0324. The Morgan fingerprint density at radius 3 is 2.68 bits per heavy atom. The van der Waals surface area contributed by atoms with Crippen LogP contribution < -0.4 is 5.32 Å². The lowest BCUT2D eigenvalue weighted by atomic mass is 9.96. The summed E-state index contributed by atoms with van der Waals surface area (Å²) in [5, 5.41) is 3.07. The lowest BCUT2D eigenvalue weighted by Gasteiger charge is -2.31. The quantitative estimate of drug-likeness (QED) is 0.908. The zero-order valence-electron chi connectivity index (χ0n) is 13.5. The van der Waals surface area contributed by atoms with Crippen molar-refractivity contribution in [1.82, 2.24) is 10.2 Å². The first-order valence-corrected chi connectivity index (χ1v) is 7.84. The Morgan fingerprint density at radius 1 is 1.41 bits per heavy atom. The average Bonchev–Trinajstić information content (AvgIpc) is 2.45. The number of amides is 1. The van der Waals surface area contributed by atoms with E-state index < -0.39 is 0 Å². The topological polar surface area (TPSA) is 41.6 Å². The molecule has 1 aromatic rings. The van der Waals surface area contributed by atoms with Gasteiger partial charge in [-0.1, -0.05) is 26.0 Å². The van der Waals surface area contributed by atoms with Gasteiger partial charge in [0.15, 0.2) is 0 Å². The molecule has 1 saturated heterocycles. The first-order chi connectivity index (χ1) is 10.5. The number of hydrogen-bond donors (Lipinski definition) is 1. The molecule has 1 heterocycles. The molecule has 0 aromatic heterocycles. The standard InChI is InChI=1S/C17H25FN2O2/c1-12(2)17(14-4-6-15(18)7-5-14)19-16(21)11-20-8-9-22-13(3)10-20/h4-7,12-13,17H,8-11H2,1-3H3,(H,19,21). The second kappa shape index (κ2) is 7.70. The molecule has 2 atom stereocenters. The van der Waals surface area contributed by atoms with Crippen LogP contribution in [0.3, 0.4) is 0 Å². The van der Waals surface area contributed by atoms with E-state index in [0.29, 0.717) is 13.2 Å². The number of nitrogens with one attached hydrogen (secondary N) is 1. The molecule has 0 bridgehead atoms. The zero-order chi connectivity index (χ0) is 16.1. The summed E-state index contributed by atoms with van der Waals surface area (Å²) in [4.78, 5) is 14.4.